The van der Waals surface area contributed by atoms with Gasteiger partial charge in [-0.2, -0.15) is 8.78 Å². The van der Waals surface area contributed by atoms with Crippen LogP contribution in [0, 0.1) is 29.1 Å². The number of amides is 4. The molecule has 4 amide bonds. The van der Waals surface area contributed by atoms with Gasteiger partial charge in [0.25, 0.3) is 0 Å². The Morgan fingerprint density at radius 3 is 1.01 bits per heavy atom. The maximum absolute atomic E-state index is 14.2. The minimum atomic E-state index is -2.38. The fraction of sp³-hybridized carbons (Fsp3) is 0.720. The number of ether oxygens (including phenoxy) is 10. The van der Waals surface area contributed by atoms with Crippen LogP contribution in [0.4, 0.5) is 37.3 Å². The van der Waals surface area contributed by atoms with Gasteiger partial charge in [0.15, 0.2) is 0 Å². The van der Waals surface area contributed by atoms with Gasteiger partial charge in [0, 0.05) is 95.1 Å². The van der Waals surface area contributed by atoms with Gasteiger partial charge in [0.2, 0.25) is 73.9 Å². The highest BCUT2D eigenvalue weighted by molar-refractivity contribution is 7.15. The lowest BCUT2D eigenvalue weighted by Gasteiger charge is -2.36. The lowest BCUT2D eigenvalue weighted by atomic mass is 9.82. The molecule has 3 saturated heterocycles. The van der Waals surface area contributed by atoms with Crippen molar-refractivity contribution in [2.45, 2.75) is 239 Å². The molecule has 6 aromatic heterocycles. The molecule has 136 heavy (non-hydrogen) atoms. The zero-order chi connectivity index (χ0) is 97.0. The van der Waals surface area contributed by atoms with Gasteiger partial charge in [0.05, 0.1) is 174 Å². The third kappa shape index (κ3) is 36.7. The summed E-state index contributed by atoms with van der Waals surface area (Å²) in [6.45, 7) is 2.97. The summed E-state index contributed by atoms with van der Waals surface area (Å²) in [5.41, 5.74) is 0.870. The predicted molar refractivity (Wildman–Crippen MR) is 471 cm³/mol. The Bertz CT molecular complexity index is 4320. The molecule has 0 spiro atoms. The fourth-order valence-corrected chi connectivity index (χ4v) is 16.9. The van der Waals surface area contributed by atoms with Crippen LogP contribution in [-0.2, 0) is 125 Å². The third-order valence-electron chi connectivity index (χ3n) is 22.3. The van der Waals surface area contributed by atoms with Crippen molar-refractivity contribution in [3.63, 3.8) is 0 Å². The monoisotopic (exact) mass is 1990 g/mol. The van der Waals surface area contributed by atoms with Crippen molar-refractivity contribution in [2.75, 3.05) is 155 Å². The number of nitrogens with zero attached hydrogens (tertiary/aromatic N) is 15. The zero-order valence-corrected chi connectivity index (χ0v) is 77.6. The van der Waals surface area contributed by atoms with Crippen LogP contribution in [0.25, 0.3) is 0 Å². The van der Waals surface area contributed by atoms with Crippen molar-refractivity contribution in [3.8, 4) is 5.75 Å². The number of hydrogen-bond acceptors (Lipinski definition) is 42. The summed E-state index contributed by atoms with van der Waals surface area (Å²) >= 11 is 3.85. The van der Waals surface area contributed by atoms with Gasteiger partial charge in [-0.1, -0.05) is 88.2 Å². The van der Waals surface area contributed by atoms with Crippen molar-refractivity contribution in [1.29, 1.82) is 0 Å². The molecule has 7 aromatic rings. The lowest BCUT2D eigenvalue weighted by Crippen LogP contribution is -2.56. The minimum absolute atomic E-state index is 0.0199. The average molecular weight is 1990 g/mol. The minimum Gasteiger partial charge on any atom is -0.420 e. The topological polar surface area (TPSA) is 613 Å². The Morgan fingerprint density at radius 2 is 0.684 bits per heavy atom. The summed E-state index contributed by atoms with van der Waals surface area (Å²) in [7, 11) is 0. The van der Waals surface area contributed by atoms with E-state index in [-0.39, 0.29) is 180 Å². The van der Waals surface area contributed by atoms with Gasteiger partial charge in [-0.3, -0.25) is 24.0 Å². The molecule has 54 heteroatoms. The number of aryl methyl sites for hydroxylation is 6. The van der Waals surface area contributed by atoms with Crippen molar-refractivity contribution < 1.29 is 139 Å². The first kappa shape index (κ1) is 109. The second kappa shape index (κ2) is 58.8. The van der Waals surface area contributed by atoms with Crippen LogP contribution in [0.2, 0.25) is 0 Å². The van der Waals surface area contributed by atoms with Gasteiger partial charge >= 0.3 is 5.97 Å². The Balaban J connectivity index is 0.658. The Kier molecular flexibility index (Phi) is 47.1. The number of nitrogens with one attached hydrogen (secondary N) is 7. The van der Waals surface area contributed by atoms with Crippen LogP contribution in [0.1, 0.15) is 135 Å². The normalized spacial score (nSPS) is 20.2. The van der Waals surface area contributed by atoms with Crippen molar-refractivity contribution in [1.82, 2.24) is 96.8 Å². The molecular formula is C82H123F5N22O24S3. The number of rotatable bonds is 67. The summed E-state index contributed by atoms with van der Waals surface area (Å²) in [6.07, 6.45) is 2.43. The van der Waals surface area contributed by atoms with Gasteiger partial charge < -0.3 is 131 Å². The second-order valence-electron chi connectivity index (χ2n) is 32.5. The summed E-state index contributed by atoms with van der Waals surface area (Å²) in [5, 5.41) is 165. The van der Waals surface area contributed by atoms with Crippen LogP contribution < -0.4 is 42.0 Å². The summed E-state index contributed by atoms with van der Waals surface area (Å²) in [6, 6.07) is -1.95. The molecular weight excluding hydrogens is 1870 g/mol. The molecule has 10 rings (SSSR count). The van der Waals surface area contributed by atoms with E-state index in [1.54, 1.807) is 32.6 Å². The number of unbranched alkanes of at least 4 members (excludes halogenated alkanes) is 7. The summed E-state index contributed by atoms with van der Waals surface area (Å²) < 4.78 is 129. The highest BCUT2D eigenvalue weighted by Crippen LogP contribution is 2.33. The van der Waals surface area contributed by atoms with E-state index in [4.69, 9.17) is 42.6 Å². The highest BCUT2D eigenvalue weighted by Gasteiger charge is 2.42. The zero-order valence-electron chi connectivity index (χ0n) is 75.2. The maximum Gasteiger partial charge on any atom is 0.311 e. The van der Waals surface area contributed by atoms with E-state index in [0.29, 0.717) is 164 Å². The van der Waals surface area contributed by atoms with E-state index in [2.05, 4.69) is 103 Å². The number of benzene rings is 1. The first-order chi connectivity index (χ1) is 65.9. The standard InChI is InChI=1S/C82H123F5N22O24S3/c83-67-68(84)70(86)78(71(87)69(67)85)133-66(117)10-8-6-4-2-1-3-5-7-9-62(116)94-82(20-17-59(113)88-23-29-124-35-38-127-32-26-107-41-50(95-104-107)11-14-63-98-101-79(134-63)91-53-47-130-56(44-110)75(121)72(53)118,21-18-60(114)89-24-30-125-36-39-128-33-27-108-42-51(96-105-108)12-15-64-99-102-80(135-64)92-54-48-131-57(45-111)76(122)73(54)119)22-19-61(115)90-25-31-126-37-40-129-34-28-109-43-52(97-106-109)13-16-65-100-103-81(136-65)93-55-49-132-58(46-112)77(123)74(55)120/h41-43,53-58,72-77,110-112,118-123H,1-40,44-49H2,(H,88,113)(H,89,114)(H,90,115)(H,91,101)(H,92,102)(H,93,103)(H,94,116)/t53-,54-,55-,56+,57+,58+,72+,73+,74+,75-,76-,77-/m0/s1. The number of aromatic nitrogens is 15. The summed E-state index contributed by atoms with van der Waals surface area (Å²) in [5.74, 6) is -15.7. The molecule has 0 saturated carbocycles. The maximum atomic E-state index is 14.2. The molecule has 16 N–H and O–H groups in total. The molecule has 3 aliphatic rings. The molecule has 46 nitrogen and oxygen atoms in total. The molecule has 0 unspecified atom stereocenters. The van der Waals surface area contributed by atoms with Crippen molar-refractivity contribution in [3.05, 3.63) is 79.8 Å². The molecule has 3 aliphatic heterocycles. The first-order valence-corrected chi connectivity index (χ1v) is 47.8. The van der Waals surface area contributed by atoms with Crippen LogP contribution in [-0.4, -0.2) is 368 Å². The first-order valence-electron chi connectivity index (χ1n) is 45.4. The number of carbonyl (C=O) groups excluding carboxylic acids is 5. The molecule has 0 bridgehead atoms. The Hall–Kier alpha value is -9.00. The lowest BCUT2D eigenvalue weighted by molar-refractivity contribution is -0.152. The Labute approximate surface area is 790 Å². The second-order valence-corrected chi connectivity index (χ2v) is 35.7. The number of aliphatic hydroxyl groups excluding tert-OH is 9. The number of halogens is 5. The highest BCUT2D eigenvalue weighted by atomic mass is 32.1. The van der Waals surface area contributed by atoms with Crippen molar-refractivity contribution >= 4 is 79.0 Å². The van der Waals surface area contributed by atoms with E-state index in [9.17, 15) is 91.9 Å². The number of anilines is 3. The average Bonchev–Trinajstić information content (AvgIpc) is 1.66. The molecule has 0 aliphatic carbocycles. The van der Waals surface area contributed by atoms with Gasteiger partial charge in [0.1, 0.15) is 70.0 Å². The van der Waals surface area contributed by atoms with Crippen LogP contribution >= 0.6 is 34.0 Å². The smallest absolute Gasteiger partial charge is 0.311 e. The van der Waals surface area contributed by atoms with E-state index in [1.165, 1.54) is 34.0 Å². The van der Waals surface area contributed by atoms with Gasteiger partial charge in [-0.05, 0) is 51.4 Å². The van der Waals surface area contributed by atoms with E-state index < -0.39 is 139 Å². The molecule has 9 heterocycles. The molecule has 3 fully saturated rings. The van der Waals surface area contributed by atoms with Crippen LogP contribution in [0.15, 0.2) is 18.6 Å². The van der Waals surface area contributed by atoms with E-state index >= 15 is 0 Å². The predicted octanol–water partition coefficient (Wildman–Crippen LogP) is -0.702. The van der Waals surface area contributed by atoms with Crippen molar-refractivity contribution in [2.24, 2.45) is 0 Å². The third-order valence-corrected chi connectivity index (χ3v) is 25.1. The molecule has 12 atom stereocenters. The van der Waals surface area contributed by atoms with E-state index in [1.807, 2.05) is 0 Å². The largest absolute Gasteiger partial charge is 0.420 e. The SMILES string of the molecule is O=C(CCC(CCC(=O)NCCOCCOCCn1cc(CCc2nnc(N[C@H]3CO[C@H](CO)[C@H](O)[C@@H]3O)s2)nn1)(CCC(=O)NCCOCCOCCn1cc(CCc2nnc(N[C@H]3CO[C@H](CO)[C@H](O)[C@@H]3O)s2)nn1)NC(=O)CCCCCCCCCCC(=O)Oc1c(F)c(F)c(F)c(F)c1F)NCCOCCOCCn1cc(CCc2nnc(N[C@H]3CO[C@H](CO)[C@H](O)[C@@H]3O)s2)nn1. The summed E-state index contributed by atoms with van der Waals surface area (Å²) in [4.78, 5) is 67.8. The number of esters is 1. The van der Waals surface area contributed by atoms with Gasteiger partial charge in [-0.25, -0.2) is 27.2 Å². The van der Waals surface area contributed by atoms with Crippen LogP contribution in [0.5, 0.6) is 5.75 Å². The number of carbonyl (C=O) groups is 5. The molecule has 758 valence electrons. The number of hydrogen-bond donors (Lipinski definition) is 16. The van der Waals surface area contributed by atoms with Crippen LogP contribution in [0.3, 0.4) is 0 Å². The van der Waals surface area contributed by atoms with Gasteiger partial charge in [-0.15, -0.1) is 45.9 Å². The number of aliphatic hydroxyl groups is 9. The molecule has 0 radical (unpaired) electrons. The quantitative estimate of drug-likeness (QED) is 0.00560. The fourth-order valence-electron chi connectivity index (χ4n) is 14.5. The van der Waals surface area contributed by atoms with E-state index in [0.717, 1.165) is 6.42 Å². The Morgan fingerprint density at radius 1 is 0.375 bits per heavy atom. The molecule has 1 aromatic carbocycles.